The third-order valence-electron chi connectivity index (χ3n) is 5.23. The first kappa shape index (κ1) is 23.4. The molecule has 2 aromatic carbocycles. The lowest BCUT2D eigenvalue weighted by Crippen LogP contribution is -2.60. The number of nitrogens with zero attached hydrogens (tertiary/aromatic N) is 2. The molecule has 2 aromatic rings. The van der Waals surface area contributed by atoms with Gasteiger partial charge in [0.15, 0.2) is 9.84 Å². The highest BCUT2D eigenvalue weighted by molar-refractivity contribution is 7.91. The third kappa shape index (κ3) is 6.36. The number of carbonyl (C=O) groups is 1. The number of carbonyl (C=O) groups excluding carboxylic acids is 1. The van der Waals surface area contributed by atoms with Crippen molar-refractivity contribution >= 4 is 25.8 Å². The topological polar surface area (TPSA) is 104 Å². The monoisotopic (exact) mass is 465 g/mol. The Morgan fingerprint density at radius 3 is 2.19 bits per heavy atom. The summed E-state index contributed by atoms with van der Waals surface area (Å²) in [6.07, 6.45) is 1.08. The Labute approximate surface area is 183 Å². The summed E-state index contributed by atoms with van der Waals surface area (Å²) in [5.74, 6) is -0.501. The molecule has 1 heterocycles. The van der Waals surface area contributed by atoms with Crippen molar-refractivity contribution < 1.29 is 21.6 Å². The maximum atomic E-state index is 12.8. The van der Waals surface area contributed by atoms with Crippen LogP contribution in [0.25, 0.3) is 0 Å². The Hall–Kier alpha value is -2.27. The lowest BCUT2D eigenvalue weighted by atomic mass is 10.1. The average Bonchev–Trinajstić information content (AvgIpc) is 2.76. The molecular weight excluding hydrogens is 438 g/mol. The van der Waals surface area contributed by atoms with Crippen LogP contribution in [-0.2, 0) is 31.2 Å². The predicted molar refractivity (Wildman–Crippen MR) is 119 cm³/mol. The summed E-state index contributed by atoms with van der Waals surface area (Å²) in [6, 6.07) is 16.6. The number of amides is 1. The summed E-state index contributed by atoms with van der Waals surface area (Å²) in [5.41, 5.74) is 0.906. The fraction of sp³-hybridized carbons (Fsp3) is 0.381. The molecule has 1 fully saturated rings. The molecule has 0 bridgehead atoms. The Bertz CT molecular complexity index is 1090. The van der Waals surface area contributed by atoms with Crippen molar-refractivity contribution in [1.29, 1.82) is 0 Å². The van der Waals surface area contributed by atoms with Gasteiger partial charge in [-0.05, 0) is 17.7 Å². The molecule has 0 saturated carbocycles. The van der Waals surface area contributed by atoms with E-state index in [0.717, 1.165) is 11.8 Å². The van der Waals surface area contributed by atoms with Crippen LogP contribution in [0.3, 0.4) is 0 Å². The van der Waals surface area contributed by atoms with Gasteiger partial charge in [-0.2, -0.15) is 4.31 Å². The molecule has 0 radical (unpaired) electrons. The molecule has 0 aliphatic carbocycles. The summed E-state index contributed by atoms with van der Waals surface area (Å²) in [4.78, 5) is 14.9. The molecule has 168 valence electrons. The molecule has 1 unspecified atom stereocenters. The van der Waals surface area contributed by atoms with E-state index in [0.29, 0.717) is 6.54 Å². The SMILES string of the molecule is CS(=O)(=O)N1CCN(CCS(=O)(=O)c2ccccc2)CC1C(=O)NCc1ccccc1. The fourth-order valence-electron chi connectivity index (χ4n) is 3.53. The first-order valence-electron chi connectivity index (χ1n) is 9.95. The Balaban J connectivity index is 1.66. The van der Waals surface area contributed by atoms with Crippen molar-refractivity contribution in [2.45, 2.75) is 17.5 Å². The summed E-state index contributed by atoms with van der Waals surface area (Å²) in [5, 5.41) is 2.80. The molecule has 1 saturated heterocycles. The van der Waals surface area contributed by atoms with Crippen LogP contribution in [0.5, 0.6) is 0 Å². The summed E-state index contributed by atoms with van der Waals surface area (Å²) >= 11 is 0. The highest BCUT2D eigenvalue weighted by atomic mass is 32.2. The zero-order valence-electron chi connectivity index (χ0n) is 17.3. The normalized spacial score (nSPS) is 18.5. The quantitative estimate of drug-likeness (QED) is 0.616. The second kappa shape index (κ2) is 9.90. The lowest BCUT2D eigenvalue weighted by Gasteiger charge is -2.39. The summed E-state index contributed by atoms with van der Waals surface area (Å²) < 4.78 is 50.7. The highest BCUT2D eigenvalue weighted by Crippen LogP contribution is 2.16. The standard InChI is InChI=1S/C21H27N3O5S2/c1-30(26,27)24-13-12-23(14-15-31(28,29)19-10-6-3-7-11-19)17-20(24)21(25)22-16-18-8-4-2-5-9-18/h2-11,20H,12-17H2,1H3,(H,22,25). The number of benzene rings is 2. The molecule has 3 rings (SSSR count). The summed E-state index contributed by atoms with van der Waals surface area (Å²) in [7, 11) is -7.04. The lowest BCUT2D eigenvalue weighted by molar-refractivity contribution is -0.126. The molecule has 1 aliphatic heterocycles. The van der Waals surface area contributed by atoms with Crippen molar-refractivity contribution in [3.05, 3.63) is 66.2 Å². The van der Waals surface area contributed by atoms with E-state index in [1.54, 1.807) is 30.3 Å². The van der Waals surface area contributed by atoms with E-state index in [2.05, 4.69) is 5.32 Å². The molecule has 1 N–H and O–H groups in total. The molecule has 8 nitrogen and oxygen atoms in total. The Morgan fingerprint density at radius 1 is 0.968 bits per heavy atom. The van der Waals surface area contributed by atoms with Crippen LogP contribution >= 0.6 is 0 Å². The van der Waals surface area contributed by atoms with Crippen molar-refractivity contribution in [3.63, 3.8) is 0 Å². The van der Waals surface area contributed by atoms with Gasteiger partial charge in [0.25, 0.3) is 0 Å². The Kier molecular flexibility index (Phi) is 7.47. The van der Waals surface area contributed by atoms with Crippen LogP contribution in [-0.4, -0.2) is 76.2 Å². The number of sulfone groups is 1. The van der Waals surface area contributed by atoms with Gasteiger partial charge in [0.2, 0.25) is 15.9 Å². The van der Waals surface area contributed by atoms with Gasteiger partial charge in [0, 0.05) is 32.7 Å². The van der Waals surface area contributed by atoms with Crippen LogP contribution in [0.4, 0.5) is 0 Å². The second-order valence-electron chi connectivity index (χ2n) is 7.53. The first-order valence-corrected chi connectivity index (χ1v) is 13.5. The van der Waals surface area contributed by atoms with Gasteiger partial charge in [-0.25, -0.2) is 16.8 Å². The van der Waals surface area contributed by atoms with E-state index in [9.17, 15) is 21.6 Å². The number of nitrogens with one attached hydrogen (secondary N) is 1. The van der Waals surface area contributed by atoms with Crippen LogP contribution in [0, 0.1) is 0 Å². The van der Waals surface area contributed by atoms with Crippen LogP contribution in [0.1, 0.15) is 5.56 Å². The molecule has 1 aliphatic rings. The van der Waals surface area contributed by atoms with Crippen LogP contribution in [0.15, 0.2) is 65.6 Å². The molecule has 0 aromatic heterocycles. The minimum atomic E-state index is -3.59. The van der Waals surface area contributed by atoms with E-state index in [1.165, 1.54) is 4.31 Å². The predicted octanol–water partition coefficient (Wildman–Crippen LogP) is 0.723. The van der Waals surface area contributed by atoms with E-state index < -0.39 is 31.8 Å². The zero-order valence-corrected chi connectivity index (χ0v) is 19.0. The maximum absolute atomic E-state index is 12.8. The number of hydrogen-bond acceptors (Lipinski definition) is 6. The van der Waals surface area contributed by atoms with E-state index in [4.69, 9.17) is 0 Å². The van der Waals surface area contributed by atoms with Gasteiger partial charge in [0.1, 0.15) is 6.04 Å². The number of piperazine rings is 1. The van der Waals surface area contributed by atoms with Crippen LogP contribution < -0.4 is 5.32 Å². The van der Waals surface area contributed by atoms with E-state index in [-0.39, 0.29) is 36.8 Å². The molecule has 1 amide bonds. The summed E-state index contributed by atoms with van der Waals surface area (Å²) in [6.45, 7) is 1.14. The largest absolute Gasteiger partial charge is 0.351 e. The van der Waals surface area contributed by atoms with Crippen LogP contribution in [0.2, 0.25) is 0 Å². The maximum Gasteiger partial charge on any atom is 0.240 e. The second-order valence-corrected chi connectivity index (χ2v) is 11.6. The van der Waals surface area contributed by atoms with E-state index in [1.807, 2.05) is 35.2 Å². The smallest absolute Gasteiger partial charge is 0.240 e. The van der Waals surface area contributed by atoms with Gasteiger partial charge >= 0.3 is 0 Å². The van der Waals surface area contributed by atoms with E-state index >= 15 is 0 Å². The van der Waals surface area contributed by atoms with Crippen molar-refractivity contribution in [2.75, 3.05) is 38.2 Å². The molecular formula is C21H27N3O5S2. The average molecular weight is 466 g/mol. The minimum Gasteiger partial charge on any atom is -0.351 e. The third-order valence-corrected chi connectivity index (χ3v) is 8.23. The number of hydrogen-bond donors (Lipinski definition) is 1. The van der Waals surface area contributed by atoms with Crippen molar-refractivity contribution in [3.8, 4) is 0 Å². The molecule has 0 spiro atoms. The van der Waals surface area contributed by atoms with Gasteiger partial charge in [-0.3, -0.25) is 9.69 Å². The van der Waals surface area contributed by atoms with Gasteiger partial charge in [0.05, 0.1) is 16.9 Å². The highest BCUT2D eigenvalue weighted by Gasteiger charge is 2.37. The first-order chi connectivity index (χ1) is 14.7. The number of rotatable bonds is 8. The minimum absolute atomic E-state index is 0.103. The van der Waals surface area contributed by atoms with Crippen molar-refractivity contribution in [1.82, 2.24) is 14.5 Å². The molecule has 1 atom stereocenters. The zero-order chi connectivity index (χ0) is 22.5. The molecule has 10 heteroatoms. The van der Waals surface area contributed by atoms with Gasteiger partial charge < -0.3 is 5.32 Å². The van der Waals surface area contributed by atoms with Gasteiger partial charge in [-0.15, -0.1) is 0 Å². The fourth-order valence-corrected chi connectivity index (χ4v) is 5.88. The molecule has 31 heavy (non-hydrogen) atoms. The van der Waals surface area contributed by atoms with Gasteiger partial charge in [-0.1, -0.05) is 48.5 Å². The van der Waals surface area contributed by atoms with Crippen molar-refractivity contribution in [2.24, 2.45) is 0 Å². The number of sulfonamides is 1. The Morgan fingerprint density at radius 2 is 1.58 bits per heavy atom.